The Labute approximate surface area is 300 Å². The molecular weight excluding hydrogens is 703 g/mol. The molecule has 3 aromatic heterocycles. The Morgan fingerprint density at radius 1 is 0.943 bits per heavy atom. The molecular formula is C36H37F5N8O4. The lowest BCUT2D eigenvalue weighted by molar-refractivity contribution is -0.275. The number of hydrogen-bond donors (Lipinski definition) is 1. The third-order valence-electron chi connectivity index (χ3n) is 10.00. The topological polar surface area (TPSA) is 116 Å². The van der Waals surface area contributed by atoms with Crippen LogP contribution in [-0.2, 0) is 23.2 Å². The minimum absolute atomic E-state index is 0.105. The number of amides is 2. The number of nitrogens with zero attached hydrogens (tertiary/aromatic N) is 7. The van der Waals surface area contributed by atoms with E-state index >= 15 is 8.78 Å². The van der Waals surface area contributed by atoms with E-state index in [-0.39, 0.29) is 55.3 Å². The van der Waals surface area contributed by atoms with Gasteiger partial charge in [-0.1, -0.05) is 12.1 Å². The summed E-state index contributed by atoms with van der Waals surface area (Å²) in [5, 5.41) is 1.79. The molecule has 53 heavy (non-hydrogen) atoms. The maximum Gasteiger partial charge on any atom is 0.573 e. The first-order valence-corrected chi connectivity index (χ1v) is 17.3. The highest BCUT2D eigenvalue weighted by molar-refractivity contribution is 5.98. The van der Waals surface area contributed by atoms with Gasteiger partial charge in [0.15, 0.2) is 0 Å². The predicted molar refractivity (Wildman–Crippen MR) is 185 cm³/mol. The molecule has 3 saturated heterocycles. The first kappa shape index (κ1) is 36.2. The van der Waals surface area contributed by atoms with Crippen molar-refractivity contribution in [2.45, 2.75) is 50.6 Å². The number of carbonyl (C=O) groups excluding carboxylic acids is 2. The summed E-state index contributed by atoms with van der Waals surface area (Å²) in [6, 6.07) is 8.29. The minimum Gasteiger partial charge on any atom is -0.405 e. The number of halogens is 5. The van der Waals surface area contributed by atoms with Gasteiger partial charge in [0.2, 0.25) is 11.8 Å². The smallest absolute Gasteiger partial charge is 0.405 e. The number of hydrogen-bond acceptors (Lipinski definition) is 10. The Morgan fingerprint density at radius 3 is 2.38 bits per heavy atom. The van der Waals surface area contributed by atoms with Gasteiger partial charge >= 0.3 is 6.36 Å². The molecule has 280 valence electrons. The zero-order chi connectivity index (χ0) is 37.5. The lowest BCUT2D eigenvalue weighted by Gasteiger charge is -2.46. The highest BCUT2D eigenvalue weighted by Crippen LogP contribution is 2.37. The van der Waals surface area contributed by atoms with Crippen molar-refractivity contribution in [3.8, 4) is 16.9 Å². The Morgan fingerprint density at radius 2 is 1.70 bits per heavy atom. The van der Waals surface area contributed by atoms with Crippen LogP contribution in [0.2, 0.25) is 0 Å². The van der Waals surface area contributed by atoms with Crippen LogP contribution in [0.25, 0.3) is 21.9 Å². The van der Waals surface area contributed by atoms with Gasteiger partial charge in [-0.2, -0.15) is 5.01 Å². The van der Waals surface area contributed by atoms with Gasteiger partial charge in [-0.15, -0.1) is 13.2 Å². The van der Waals surface area contributed by atoms with Crippen molar-refractivity contribution >= 4 is 34.1 Å². The number of likely N-dealkylation sites (tertiary alicyclic amines) is 1. The number of carbonyl (C=O) groups is 2. The summed E-state index contributed by atoms with van der Waals surface area (Å²) in [7, 11) is 1.53. The van der Waals surface area contributed by atoms with E-state index in [1.54, 1.807) is 35.4 Å². The summed E-state index contributed by atoms with van der Waals surface area (Å²) >= 11 is 0. The number of anilines is 2. The van der Waals surface area contributed by atoms with Gasteiger partial charge in [0.1, 0.15) is 11.6 Å². The molecule has 1 N–H and O–H groups in total. The summed E-state index contributed by atoms with van der Waals surface area (Å²) in [5.41, 5.74) is 4.18. The molecule has 4 aromatic rings. The van der Waals surface area contributed by atoms with Crippen molar-refractivity contribution in [2.75, 3.05) is 49.6 Å². The van der Waals surface area contributed by atoms with Crippen LogP contribution in [0.3, 0.4) is 0 Å². The molecule has 7 rings (SSSR count). The SMILES string of the molecule is Cn1cc(-c2ccc(CN3CCC(N4CCN(c5ccc(NN6C(=O)CCCC6=O)nc5)CC4)C(F)(F)C3)c(OC(F)(F)F)c2)c2ccncc2c1=O. The molecule has 1 unspecified atom stereocenters. The van der Waals surface area contributed by atoms with Crippen molar-refractivity contribution < 1.29 is 36.3 Å². The van der Waals surface area contributed by atoms with Crippen LogP contribution in [0.4, 0.5) is 33.5 Å². The van der Waals surface area contributed by atoms with E-state index in [1.807, 2.05) is 4.90 Å². The van der Waals surface area contributed by atoms with E-state index in [0.29, 0.717) is 60.3 Å². The second kappa shape index (κ2) is 14.3. The number of hydrazine groups is 1. The Kier molecular flexibility index (Phi) is 9.80. The van der Waals surface area contributed by atoms with Gasteiger partial charge in [-0.05, 0) is 48.1 Å². The second-order valence-corrected chi connectivity index (χ2v) is 13.5. The zero-order valence-electron chi connectivity index (χ0n) is 28.8. The number of ether oxygens (including phenoxy) is 1. The van der Waals surface area contributed by atoms with E-state index in [2.05, 4.69) is 20.1 Å². The molecule has 1 atom stereocenters. The summed E-state index contributed by atoms with van der Waals surface area (Å²) < 4.78 is 78.1. The molecule has 12 nitrogen and oxygen atoms in total. The van der Waals surface area contributed by atoms with E-state index in [1.165, 1.54) is 47.2 Å². The van der Waals surface area contributed by atoms with Crippen LogP contribution in [0.15, 0.2) is 66.0 Å². The first-order chi connectivity index (χ1) is 25.3. The molecule has 17 heteroatoms. The number of aromatic nitrogens is 3. The van der Waals surface area contributed by atoms with Gasteiger partial charge in [0.25, 0.3) is 11.5 Å². The largest absolute Gasteiger partial charge is 0.573 e. The van der Waals surface area contributed by atoms with Crippen molar-refractivity contribution in [1.29, 1.82) is 0 Å². The Balaban J connectivity index is 0.995. The molecule has 1 aromatic carbocycles. The lowest BCUT2D eigenvalue weighted by atomic mass is 9.96. The molecule has 0 radical (unpaired) electrons. The average Bonchev–Trinajstić information content (AvgIpc) is 3.12. The zero-order valence-corrected chi connectivity index (χ0v) is 28.8. The van der Waals surface area contributed by atoms with Gasteiger partial charge in [0.05, 0.1) is 29.9 Å². The second-order valence-electron chi connectivity index (χ2n) is 13.5. The number of benzene rings is 1. The standard InChI is InChI=1S/C36H37F5N8O4/c1-45-21-28(26-9-11-42-19-27(26)34(45)52)23-5-6-24(29(17-23)53-36(39,40)41)20-46-12-10-30(35(37,38)22-46)48-15-13-47(14-16-48)25-7-8-31(43-18-25)44-49-32(50)3-2-4-33(49)51/h5-9,11,17-19,21,30H,2-4,10,12-16,20,22H2,1H3,(H,43,44). The summed E-state index contributed by atoms with van der Waals surface area (Å²) in [6.45, 7) is 1.11. The molecule has 2 amide bonds. The van der Waals surface area contributed by atoms with E-state index in [9.17, 15) is 27.6 Å². The highest BCUT2D eigenvalue weighted by Gasteiger charge is 2.48. The van der Waals surface area contributed by atoms with E-state index in [0.717, 1.165) is 10.7 Å². The Bertz CT molecular complexity index is 2050. The fourth-order valence-electron chi connectivity index (χ4n) is 7.36. The lowest BCUT2D eigenvalue weighted by Crippen LogP contribution is -2.61. The Hall–Kier alpha value is -5.16. The maximum absolute atomic E-state index is 15.8. The number of imide groups is 1. The van der Waals surface area contributed by atoms with Gasteiger partial charge in [-0.25, -0.2) is 13.8 Å². The monoisotopic (exact) mass is 740 g/mol. The van der Waals surface area contributed by atoms with Crippen LogP contribution in [0, 0.1) is 0 Å². The number of pyridine rings is 3. The van der Waals surface area contributed by atoms with Crippen LogP contribution >= 0.6 is 0 Å². The van der Waals surface area contributed by atoms with Gasteiger partial charge < -0.3 is 14.2 Å². The maximum atomic E-state index is 15.8. The number of rotatable bonds is 8. The van der Waals surface area contributed by atoms with E-state index in [4.69, 9.17) is 0 Å². The molecule has 6 heterocycles. The molecule has 0 spiro atoms. The van der Waals surface area contributed by atoms with Crippen LogP contribution in [0.1, 0.15) is 31.2 Å². The normalized spacial score (nSPS) is 20.2. The van der Waals surface area contributed by atoms with Crippen LogP contribution < -0.4 is 20.6 Å². The van der Waals surface area contributed by atoms with Crippen molar-refractivity contribution in [2.24, 2.45) is 7.05 Å². The number of piperazine rings is 1. The average molecular weight is 741 g/mol. The molecule has 0 aliphatic carbocycles. The molecule has 3 fully saturated rings. The molecule has 0 saturated carbocycles. The molecule has 3 aliphatic heterocycles. The number of aryl methyl sites for hydroxylation is 1. The van der Waals surface area contributed by atoms with Crippen molar-refractivity contribution in [3.63, 3.8) is 0 Å². The van der Waals surface area contributed by atoms with Crippen molar-refractivity contribution in [1.82, 2.24) is 29.3 Å². The quantitative estimate of drug-likeness (QED) is 0.200. The van der Waals surface area contributed by atoms with Crippen molar-refractivity contribution in [3.05, 3.63) is 77.1 Å². The van der Waals surface area contributed by atoms with Crippen LogP contribution in [-0.4, -0.2) is 98.8 Å². The third kappa shape index (κ3) is 7.81. The van der Waals surface area contributed by atoms with Crippen LogP contribution in [0.5, 0.6) is 5.75 Å². The summed E-state index contributed by atoms with van der Waals surface area (Å²) in [6.07, 6.45) is 2.19. The van der Waals surface area contributed by atoms with Gasteiger partial charge in [0, 0.05) is 88.9 Å². The fourth-order valence-corrected chi connectivity index (χ4v) is 7.36. The first-order valence-electron chi connectivity index (χ1n) is 17.3. The minimum atomic E-state index is -5.02. The highest BCUT2D eigenvalue weighted by atomic mass is 19.4. The molecule has 0 bridgehead atoms. The predicted octanol–water partition coefficient (Wildman–Crippen LogP) is 4.79. The molecule has 3 aliphatic rings. The number of piperidine rings is 2. The fraction of sp³-hybridized carbons (Fsp3) is 0.417. The number of alkyl halides is 5. The van der Waals surface area contributed by atoms with Gasteiger partial charge in [-0.3, -0.25) is 34.6 Å². The van der Waals surface area contributed by atoms with E-state index < -0.39 is 30.6 Å². The summed E-state index contributed by atoms with van der Waals surface area (Å²) in [4.78, 5) is 50.4. The third-order valence-corrected chi connectivity index (χ3v) is 10.00. The number of nitrogens with one attached hydrogen (secondary N) is 1. The summed E-state index contributed by atoms with van der Waals surface area (Å²) in [5.74, 6) is -3.92. The number of fused-ring (bicyclic) bond motifs is 1.